The van der Waals surface area contributed by atoms with E-state index in [1.54, 1.807) is 30.3 Å². The van der Waals surface area contributed by atoms with Crippen LogP contribution < -0.4 is 16.4 Å². The number of hydrogen-bond donors (Lipinski definition) is 3. The van der Waals surface area contributed by atoms with Crippen LogP contribution in [0.5, 0.6) is 0 Å². The van der Waals surface area contributed by atoms with E-state index < -0.39 is 35.6 Å². The van der Waals surface area contributed by atoms with Gasteiger partial charge in [-0.2, -0.15) is 5.26 Å². The number of nitriles is 1. The Morgan fingerprint density at radius 1 is 1.07 bits per heavy atom. The standard InChI is InChI=1S/C21H21FN4O3/c1-13(27)25-19(11-16-7-2-3-8-17(16)22)21(29)26-18(20(24)28)10-14-5-4-6-15(9-14)12-23/h2-9,18-19H,10-11H2,1H3,(H2,24,28)(H,25,27)(H,26,29)/t18-,19+/m0/s1. The van der Waals surface area contributed by atoms with E-state index in [0.29, 0.717) is 11.1 Å². The van der Waals surface area contributed by atoms with E-state index in [1.165, 1.54) is 25.1 Å². The van der Waals surface area contributed by atoms with Crippen molar-refractivity contribution >= 4 is 17.7 Å². The van der Waals surface area contributed by atoms with Gasteiger partial charge in [-0.25, -0.2) is 4.39 Å². The third-order valence-electron chi connectivity index (χ3n) is 4.23. The number of nitrogens with one attached hydrogen (secondary N) is 2. The molecule has 0 bridgehead atoms. The lowest BCUT2D eigenvalue weighted by molar-refractivity contribution is -0.130. The molecule has 0 heterocycles. The third-order valence-corrected chi connectivity index (χ3v) is 4.23. The average Bonchev–Trinajstić information content (AvgIpc) is 2.68. The van der Waals surface area contributed by atoms with Crippen LogP contribution in [0.1, 0.15) is 23.6 Å². The molecule has 8 heteroatoms. The molecule has 0 saturated carbocycles. The van der Waals surface area contributed by atoms with Crippen LogP contribution in [0.25, 0.3) is 0 Å². The van der Waals surface area contributed by atoms with E-state index in [0.717, 1.165) is 0 Å². The van der Waals surface area contributed by atoms with E-state index in [9.17, 15) is 18.8 Å². The van der Waals surface area contributed by atoms with Crippen LogP contribution in [0.2, 0.25) is 0 Å². The molecule has 29 heavy (non-hydrogen) atoms. The van der Waals surface area contributed by atoms with Crippen LogP contribution in [-0.4, -0.2) is 29.8 Å². The second-order valence-corrected chi connectivity index (χ2v) is 6.53. The number of carbonyl (C=O) groups excluding carboxylic acids is 3. The molecule has 0 spiro atoms. The molecule has 0 fully saturated rings. The number of carbonyl (C=O) groups is 3. The second kappa shape index (κ2) is 9.99. The highest BCUT2D eigenvalue weighted by atomic mass is 19.1. The minimum atomic E-state index is -1.09. The number of hydrogen-bond acceptors (Lipinski definition) is 4. The number of primary amides is 1. The predicted octanol–water partition coefficient (Wildman–Crippen LogP) is 0.957. The first-order valence-electron chi connectivity index (χ1n) is 8.89. The fourth-order valence-electron chi connectivity index (χ4n) is 2.84. The summed E-state index contributed by atoms with van der Waals surface area (Å²) < 4.78 is 14.0. The van der Waals surface area contributed by atoms with Crippen LogP contribution in [0.4, 0.5) is 4.39 Å². The SMILES string of the molecule is CC(=O)N[C@H](Cc1ccccc1F)C(=O)N[C@@H](Cc1cccc(C#N)c1)C(N)=O. The highest BCUT2D eigenvalue weighted by molar-refractivity contribution is 5.91. The number of benzene rings is 2. The Bertz CT molecular complexity index is 955. The summed E-state index contributed by atoms with van der Waals surface area (Å²) in [7, 11) is 0. The van der Waals surface area contributed by atoms with Crippen LogP contribution in [0, 0.1) is 17.1 Å². The fourth-order valence-corrected chi connectivity index (χ4v) is 2.84. The van der Waals surface area contributed by atoms with Crippen LogP contribution in [0.15, 0.2) is 48.5 Å². The number of rotatable bonds is 8. The van der Waals surface area contributed by atoms with Gasteiger partial charge in [0.05, 0.1) is 11.6 Å². The van der Waals surface area contributed by atoms with Gasteiger partial charge in [-0.1, -0.05) is 30.3 Å². The lowest BCUT2D eigenvalue weighted by Gasteiger charge is -2.22. The van der Waals surface area contributed by atoms with E-state index in [4.69, 9.17) is 11.0 Å². The lowest BCUT2D eigenvalue weighted by atomic mass is 10.0. The molecule has 0 saturated heterocycles. The minimum absolute atomic E-state index is 0.0725. The van der Waals surface area contributed by atoms with Crippen molar-refractivity contribution in [3.05, 3.63) is 71.0 Å². The molecule has 0 aliphatic rings. The molecule has 150 valence electrons. The molecule has 0 aliphatic heterocycles. The molecule has 0 aromatic heterocycles. The number of amides is 3. The summed E-state index contributed by atoms with van der Waals surface area (Å²) in [5, 5.41) is 14.0. The molecule has 0 unspecified atom stereocenters. The maximum absolute atomic E-state index is 14.0. The van der Waals surface area contributed by atoms with Crippen molar-refractivity contribution in [2.24, 2.45) is 5.73 Å². The third kappa shape index (κ3) is 6.43. The van der Waals surface area contributed by atoms with Gasteiger partial charge in [0.25, 0.3) is 0 Å². The maximum Gasteiger partial charge on any atom is 0.243 e. The molecular formula is C21H21FN4O3. The van der Waals surface area contributed by atoms with Crippen molar-refractivity contribution in [2.45, 2.75) is 31.8 Å². The van der Waals surface area contributed by atoms with E-state index in [2.05, 4.69) is 10.6 Å². The zero-order valence-corrected chi connectivity index (χ0v) is 15.8. The summed E-state index contributed by atoms with van der Waals surface area (Å²) >= 11 is 0. The number of nitrogens with two attached hydrogens (primary N) is 1. The summed E-state index contributed by atoms with van der Waals surface area (Å²) in [4.78, 5) is 36.1. The Kier molecular flexibility index (Phi) is 7.43. The molecule has 2 aromatic carbocycles. The quantitative estimate of drug-likeness (QED) is 0.614. The van der Waals surface area contributed by atoms with E-state index >= 15 is 0 Å². The minimum Gasteiger partial charge on any atom is -0.368 e. The van der Waals surface area contributed by atoms with E-state index in [1.807, 2.05) is 6.07 Å². The monoisotopic (exact) mass is 396 g/mol. The molecule has 4 N–H and O–H groups in total. The maximum atomic E-state index is 14.0. The van der Waals surface area contributed by atoms with Gasteiger partial charge in [-0.3, -0.25) is 14.4 Å². The van der Waals surface area contributed by atoms with Crippen LogP contribution in [0.3, 0.4) is 0 Å². The topological polar surface area (TPSA) is 125 Å². The molecule has 2 atom stereocenters. The zero-order valence-electron chi connectivity index (χ0n) is 15.8. The number of nitrogens with zero attached hydrogens (tertiary/aromatic N) is 1. The van der Waals surface area contributed by atoms with Crippen molar-refractivity contribution in [3.8, 4) is 6.07 Å². The molecule has 2 aromatic rings. The molecule has 0 radical (unpaired) electrons. The highest BCUT2D eigenvalue weighted by Gasteiger charge is 2.26. The van der Waals surface area contributed by atoms with Gasteiger partial charge >= 0.3 is 0 Å². The molecular weight excluding hydrogens is 375 g/mol. The number of halogens is 1. The lowest BCUT2D eigenvalue weighted by Crippen LogP contribution is -2.54. The Labute approximate surface area is 167 Å². The van der Waals surface area contributed by atoms with Gasteiger partial charge in [0.1, 0.15) is 17.9 Å². The summed E-state index contributed by atoms with van der Waals surface area (Å²) in [5.41, 5.74) is 6.71. The average molecular weight is 396 g/mol. The van der Waals surface area contributed by atoms with Crippen molar-refractivity contribution in [1.82, 2.24) is 10.6 Å². The normalized spacial score (nSPS) is 12.3. The largest absolute Gasteiger partial charge is 0.368 e. The van der Waals surface area contributed by atoms with Crippen molar-refractivity contribution < 1.29 is 18.8 Å². The summed E-state index contributed by atoms with van der Waals surface area (Å²) in [6.07, 6.45) is -0.0173. The Morgan fingerprint density at radius 2 is 1.79 bits per heavy atom. The molecule has 0 aliphatic carbocycles. The molecule has 3 amide bonds. The van der Waals surface area contributed by atoms with Gasteiger partial charge < -0.3 is 16.4 Å². The van der Waals surface area contributed by atoms with Crippen LogP contribution in [-0.2, 0) is 27.2 Å². The first-order chi connectivity index (χ1) is 13.8. The van der Waals surface area contributed by atoms with Gasteiger partial charge in [0.15, 0.2) is 0 Å². The van der Waals surface area contributed by atoms with Gasteiger partial charge in [0, 0.05) is 19.8 Å². The van der Waals surface area contributed by atoms with Gasteiger partial charge in [0.2, 0.25) is 17.7 Å². The molecule has 2 rings (SSSR count). The zero-order chi connectivity index (χ0) is 21.4. The summed E-state index contributed by atoms with van der Waals surface area (Å²) in [6, 6.07) is 12.3. The van der Waals surface area contributed by atoms with Crippen molar-refractivity contribution in [3.63, 3.8) is 0 Å². The Hall–Kier alpha value is -3.73. The second-order valence-electron chi connectivity index (χ2n) is 6.53. The van der Waals surface area contributed by atoms with Crippen molar-refractivity contribution in [2.75, 3.05) is 0 Å². The first kappa shape index (κ1) is 21.6. The van der Waals surface area contributed by atoms with Gasteiger partial charge in [-0.05, 0) is 29.3 Å². The van der Waals surface area contributed by atoms with Crippen LogP contribution >= 0.6 is 0 Å². The summed E-state index contributed by atoms with van der Waals surface area (Å²) in [6.45, 7) is 1.24. The Balaban J connectivity index is 2.17. The Morgan fingerprint density at radius 3 is 2.41 bits per heavy atom. The highest BCUT2D eigenvalue weighted by Crippen LogP contribution is 2.11. The smallest absolute Gasteiger partial charge is 0.243 e. The summed E-state index contributed by atoms with van der Waals surface area (Å²) in [5.74, 6) is -2.41. The van der Waals surface area contributed by atoms with E-state index in [-0.39, 0.29) is 18.4 Å². The predicted molar refractivity (Wildman–Crippen MR) is 104 cm³/mol. The molecule has 7 nitrogen and oxygen atoms in total. The van der Waals surface area contributed by atoms with Crippen molar-refractivity contribution in [1.29, 1.82) is 5.26 Å². The first-order valence-corrected chi connectivity index (χ1v) is 8.89. The fraction of sp³-hybridized carbons (Fsp3) is 0.238. The van der Waals surface area contributed by atoms with Gasteiger partial charge in [-0.15, -0.1) is 0 Å².